The minimum absolute atomic E-state index is 0.0400. The van der Waals surface area contributed by atoms with E-state index in [0.29, 0.717) is 19.6 Å². The average Bonchev–Trinajstić information content (AvgIpc) is 2.75. The number of benzene rings is 1. The van der Waals surface area contributed by atoms with E-state index >= 15 is 0 Å². The van der Waals surface area contributed by atoms with Crippen LogP contribution in [0, 0.1) is 5.92 Å². The van der Waals surface area contributed by atoms with E-state index in [2.05, 4.69) is 4.72 Å². The third-order valence-corrected chi connectivity index (χ3v) is 6.92. The van der Waals surface area contributed by atoms with Gasteiger partial charge in [0.1, 0.15) is 16.2 Å². The molecule has 0 spiro atoms. The normalized spacial score (nSPS) is 17.1. The van der Waals surface area contributed by atoms with Gasteiger partial charge in [-0.25, -0.2) is 17.9 Å². The molecule has 2 amide bonds. The van der Waals surface area contributed by atoms with E-state index < -0.39 is 15.6 Å². The Kier molecular flexibility index (Phi) is 8.75. The zero-order chi connectivity index (χ0) is 25.0. The summed E-state index contributed by atoms with van der Waals surface area (Å²) >= 11 is 0. The number of rotatable bonds is 7. The third-order valence-electron chi connectivity index (χ3n) is 5.48. The van der Waals surface area contributed by atoms with Crippen molar-refractivity contribution in [3.63, 3.8) is 0 Å². The van der Waals surface area contributed by atoms with Crippen LogP contribution in [0.15, 0.2) is 23.1 Å². The summed E-state index contributed by atoms with van der Waals surface area (Å²) in [5.41, 5.74) is -0.309. The Hall–Kier alpha value is -2.33. The number of hydrogen-bond donors (Lipinski definition) is 1. The molecule has 1 saturated heterocycles. The van der Waals surface area contributed by atoms with Crippen molar-refractivity contribution in [2.45, 2.75) is 64.0 Å². The molecule has 1 aliphatic rings. The standard InChI is InChI=1S/C23H37N3O6S/c1-16(2)26(22(28)32-23(3,4)5)15-17-9-8-12-25(14-17)21(27)18-10-11-19(31-7)20(13-18)33(29,30)24-6/h10-11,13,16-17,24H,8-9,12,14-15H2,1-7H3. The smallest absolute Gasteiger partial charge is 0.410 e. The molecule has 1 atom stereocenters. The minimum Gasteiger partial charge on any atom is -0.495 e. The number of carbonyl (C=O) groups excluding carboxylic acids is 2. The van der Waals surface area contributed by atoms with Gasteiger partial charge in [0.25, 0.3) is 5.91 Å². The number of carbonyl (C=O) groups is 2. The van der Waals surface area contributed by atoms with Crippen LogP contribution in [0.4, 0.5) is 4.79 Å². The van der Waals surface area contributed by atoms with Crippen LogP contribution in [0.2, 0.25) is 0 Å². The lowest BCUT2D eigenvalue weighted by molar-refractivity contribution is 0.0124. The highest BCUT2D eigenvalue weighted by atomic mass is 32.2. The molecule has 9 nitrogen and oxygen atoms in total. The van der Waals surface area contributed by atoms with Crippen LogP contribution in [0.3, 0.4) is 0 Å². The van der Waals surface area contributed by atoms with Gasteiger partial charge in [0.05, 0.1) is 7.11 Å². The molecule has 1 aliphatic heterocycles. The summed E-state index contributed by atoms with van der Waals surface area (Å²) in [6, 6.07) is 4.36. The summed E-state index contributed by atoms with van der Waals surface area (Å²) < 4.78 is 37.7. The fourth-order valence-electron chi connectivity index (χ4n) is 3.81. The van der Waals surface area contributed by atoms with Gasteiger partial charge in [0, 0.05) is 31.2 Å². The van der Waals surface area contributed by atoms with Crippen molar-refractivity contribution in [2.75, 3.05) is 33.8 Å². The van der Waals surface area contributed by atoms with E-state index in [-0.39, 0.29) is 40.2 Å². The van der Waals surface area contributed by atoms with Crippen LogP contribution in [0.25, 0.3) is 0 Å². The second-order valence-electron chi connectivity index (χ2n) is 9.56. The topological polar surface area (TPSA) is 105 Å². The van der Waals surface area contributed by atoms with Crippen LogP contribution in [0.5, 0.6) is 5.75 Å². The van der Waals surface area contributed by atoms with Gasteiger partial charge >= 0.3 is 6.09 Å². The molecule has 1 unspecified atom stereocenters. The lowest BCUT2D eigenvalue weighted by Gasteiger charge is -2.37. The fraction of sp³-hybridized carbons (Fsp3) is 0.652. The molecule has 1 N–H and O–H groups in total. The summed E-state index contributed by atoms with van der Waals surface area (Å²) in [7, 11) is -1.10. The van der Waals surface area contributed by atoms with Gasteiger partial charge < -0.3 is 19.3 Å². The third kappa shape index (κ3) is 7.07. The number of piperidine rings is 1. The highest BCUT2D eigenvalue weighted by Gasteiger charge is 2.31. The zero-order valence-corrected chi connectivity index (χ0v) is 21.5. The number of nitrogens with one attached hydrogen (secondary N) is 1. The molecule has 33 heavy (non-hydrogen) atoms. The summed E-state index contributed by atoms with van der Waals surface area (Å²) in [6.45, 7) is 10.9. The first-order chi connectivity index (χ1) is 15.3. The van der Waals surface area contributed by atoms with Gasteiger partial charge in [-0.05, 0) is 78.6 Å². The van der Waals surface area contributed by atoms with Gasteiger partial charge in [0.2, 0.25) is 10.0 Å². The van der Waals surface area contributed by atoms with Crippen molar-refractivity contribution < 1.29 is 27.5 Å². The molecule has 1 aromatic carbocycles. The molecule has 0 saturated carbocycles. The maximum atomic E-state index is 13.2. The Labute approximate surface area is 197 Å². The second-order valence-corrected chi connectivity index (χ2v) is 11.4. The van der Waals surface area contributed by atoms with Gasteiger partial charge in [-0.15, -0.1) is 0 Å². The van der Waals surface area contributed by atoms with Crippen molar-refractivity contribution in [3.8, 4) is 5.75 Å². The molecular weight excluding hydrogens is 446 g/mol. The van der Waals surface area contributed by atoms with Crippen LogP contribution in [-0.2, 0) is 14.8 Å². The summed E-state index contributed by atoms with van der Waals surface area (Å²) in [5.74, 6) is 0.0157. The summed E-state index contributed by atoms with van der Waals surface area (Å²) in [5, 5.41) is 0. The van der Waals surface area contributed by atoms with E-state index in [1.807, 2.05) is 34.6 Å². The van der Waals surface area contributed by atoms with Crippen LogP contribution in [0.1, 0.15) is 57.8 Å². The number of likely N-dealkylation sites (tertiary alicyclic amines) is 1. The molecule has 0 bridgehead atoms. The van der Waals surface area contributed by atoms with Crippen molar-refractivity contribution >= 4 is 22.0 Å². The Morgan fingerprint density at radius 2 is 1.94 bits per heavy atom. The Morgan fingerprint density at radius 3 is 2.48 bits per heavy atom. The molecule has 0 radical (unpaired) electrons. The first kappa shape index (κ1) is 26.9. The Balaban J connectivity index is 2.19. The molecule has 2 rings (SSSR count). The maximum Gasteiger partial charge on any atom is 0.410 e. The van der Waals surface area contributed by atoms with E-state index in [1.165, 1.54) is 26.3 Å². The first-order valence-corrected chi connectivity index (χ1v) is 12.7. The molecule has 10 heteroatoms. The van der Waals surface area contributed by atoms with Crippen molar-refractivity contribution in [2.24, 2.45) is 5.92 Å². The van der Waals surface area contributed by atoms with Gasteiger partial charge in [0.15, 0.2) is 0 Å². The van der Waals surface area contributed by atoms with Crippen molar-refractivity contribution in [3.05, 3.63) is 23.8 Å². The van der Waals surface area contributed by atoms with Gasteiger partial charge in [-0.1, -0.05) is 0 Å². The number of ether oxygens (including phenoxy) is 2. The fourth-order valence-corrected chi connectivity index (χ4v) is 4.72. The van der Waals surface area contributed by atoms with E-state index in [4.69, 9.17) is 9.47 Å². The average molecular weight is 484 g/mol. The van der Waals surface area contributed by atoms with Crippen molar-refractivity contribution in [1.82, 2.24) is 14.5 Å². The quantitative estimate of drug-likeness (QED) is 0.639. The number of methoxy groups -OCH3 is 1. The number of nitrogens with zero attached hydrogens (tertiary/aromatic N) is 2. The highest BCUT2D eigenvalue weighted by Crippen LogP contribution is 2.27. The van der Waals surface area contributed by atoms with Crippen molar-refractivity contribution in [1.29, 1.82) is 0 Å². The molecule has 1 aromatic rings. The van der Waals surface area contributed by atoms with Gasteiger partial charge in [-0.2, -0.15) is 0 Å². The second kappa shape index (κ2) is 10.7. The van der Waals surface area contributed by atoms with E-state index in [9.17, 15) is 18.0 Å². The van der Waals surface area contributed by atoms with Crippen LogP contribution >= 0.6 is 0 Å². The maximum absolute atomic E-state index is 13.2. The molecule has 0 aromatic heterocycles. The number of sulfonamides is 1. The predicted octanol–water partition coefficient (Wildman–Crippen LogP) is 3.10. The summed E-state index contributed by atoms with van der Waals surface area (Å²) in [6.07, 6.45) is 1.32. The SMILES string of the molecule is CNS(=O)(=O)c1cc(C(=O)N2CCCC(CN(C(=O)OC(C)(C)C)C(C)C)C2)ccc1OC. The van der Waals surface area contributed by atoms with Gasteiger partial charge in [-0.3, -0.25) is 4.79 Å². The predicted molar refractivity (Wildman–Crippen MR) is 126 cm³/mol. The first-order valence-electron chi connectivity index (χ1n) is 11.2. The monoisotopic (exact) mass is 483 g/mol. The molecule has 1 fully saturated rings. The molecular formula is C23H37N3O6S. The minimum atomic E-state index is -3.79. The zero-order valence-electron chi connectivity index (χ0n) is 20.7. The largest absolute Gasteiger partial charge is 0.495 e. The van der Waals surface area contributed by atoms with E-state index in [0.717, 1.165) is 12.8 Å². The lowest BCUT2D eigenvalue weighted by atomic mass is 9.96. The van der Waals surface area contributed by atoms with Crippen LogP contribution in [-0.4, -0.2) is 75.7 Å². The molecule has 186 valence electrons. The Bertz CT molecular complexity index is 955. The van der Waals surface area contributed by atoms with E-state index in [1.54, 1.807) is 15.9 Å². The molecule has 1 heterocycles. The Morgan fingerprint density at radius 1 is 1.27 bits per heavy atom. The lowest BCUT2D eigenvalue weighted by Crippen LogP contribution is -2.48. The molecule has 0 aliphatic carbocycles. The number of hydrogen-bond acceptors (Lipinski definition) is 6. The van der Waals surface area contributed by atoms with Crippen LogP contribution < -0.4 is 9.46 Å². The number of amides is 2. The summed E-state index contributed by atoms with van der Waals surface area (Å²) in [4.78, 5) is 29.2. The highest BCUT2D eigenvalue weighted by molar-refractivity contribution is 7.89.